The van der Waals surface area contributed by atoms with Gasteiger partial charge in [-0.05, 0) is 63.1 Å². The van der Waals surface area contributed by atoms with Crippen LogP contribution in [0.25, 0.3) is 0 Å². The summed E-state index contributed by atoms with van der Waals surface area (Å²) in [4.78, 5) is 40.8. The fraction of sp³-hybridized carbons (Fsp3) is 0.464. The predicted octanol–water partition coefficient (Wildman–Crippen LogP) is 4.51. The molecule has 0 radical (unpaired) electrons. The number of ether oxygens (including phenoxy) is 1. The first-order valence-corrected chi connectivity index (χ1v) is 12.4. The largest absolute Gasteiger partial charge is 0.444 e. The molecule has 7 nitrogen and oxygen atoms in total. The van der Waals surface area contributed by atoms with E-state index >= 15 is 0 Å². The van der Waals surface area contributed by atoms with Gasteiger partial charge in [-0.1, -0.05) is 61.5 Å². The van der Waals surface area contributed by atoms with E-state index in [9.17, 15) is 14.4 Å². The number of hydrogen-bond acceptors (Lipinski definition) is 4. The Morgan fingerprint density at radius 2 is 1.63 bits per heavy atom. The summed E-state index contributed by atoms with van der Waals surface area (Å²) in [6.45, 7) is 7.50. The Bertz CT molecular complexity index is 995. The zero-order valence-electron chi connectivity index (χ0n) is 21.2. The standard InChI is InChI=1S/C28H37N3O4/c1-5-20-14-16-22(17-15-20)25(26(33)29-18-21-10-7-6-8-11-21)31(23-12-9-13-23)24(32)19-30-27(34)35-28(2,3)4/h6-8,10-11,14-17,23,25H,5,9,12-13,18-19H2,1-4H3,(H,29,33)(H,30,34). The Balaban J connectivity index is 1.83. The van der Waals surface area contributed by atoms with Crippen molar-refractivity contribution in [2.45, 2.75) is 77.6 Å². The summed E-state index contributed by atoms with van der Waals surface area (Å²) < 4.78 is 5.27. The Morgan fingerprint density at radius 3 is 2.17 bits per heavy atom. The molecule has 1 unspecified atom stereocenters. The first-order valence-electron chi connectivity index (χ1n) is 12.4. The van der Waals surface area contributed by atoms with Crippen LogP contribution in [0.5, 0.6) is 0 Å². The number of nitrogens with one attached hydrogen (secondary N) is 2. The second kappa shape index (κ2) is 11.9. The lowest BCUT2D eigenvalue weighted by molar-refractivity contribution is -0.145. The first kappa shape index (κ1) is 26.3. The smallest absolute Gasteiger partial charge is 0.408 e. The maximum absolute atomic E-state index is 13.6. The third-order valence-electron chi connectivity index (χ3n) is 6.08. The number of benzene rings is 2. The average Bonchev–Trinajstić information content (AvgIpc) is 2.79. The number of hydrogen-bond donors (Lipinski definition) is 2. The van der Waals surface area contributed by atoms with Crippen molar-refractivity contribution in [3.8, 4) is 0 Å². The SMILES string of the molecule is CCc1ccc(C(C(=O)NCc2ccccc2)N(C(=O)CNC(=O)OC(C)(C)C)C2CCC2)cc1. The molecular weight excluding hydrogens is 442 g/mol. The molecule has 1 aliphatic rings. The topological polar surface area (TPSA) is 87.7 Å². The van der Waals surface area contributed by atoms with E-state index in [2.05, 4.69) is 17.6 Å². The normalized spacial score (nSPS) is 14.4. The molecule has 1 saturated carbocycles. The van der Waals surface area contributed by atoms with E-state index in [1.807, 2.05) is 54.6 Å². The van der Waals surface area contributed by atoms with Crippen LogP contribution >= 0.6 is 0 Å². The molecule has 0 aliphatic heterocycles. The maximum atomic E-state index is 13.6. The van der Waals surface area contributed by atoms with E-state index in [1.54, 1.807) is 25.7 Å². The van der Waals surface area contributed by atoms with Gasteiger partial charge in [0.2, 0.25) is 11.8 Å². The van der Waals surface area contributed by atoms with Crippen molar-refractivity contribution in [1.82, 2.24) is 15.5 Å². The van der Waals surface area contributed by atoms with Crippen LogP contribution < -0.4 is 10.6 Å². The van der Waals surface area contributed by atoms with E-state index in [1.165, 1.54) is 0 Å². The zero-order valence-corrected chi connectivity index (χ0v) is 21.2. The van der Waals surface area contributed by atoms with Crippen LogP contribution in [-0.2, 0) is 27.3 Å². The highest BCUT2D eigenvalue weighted by molar-refractivity contribution is 5.90. The van der Waals surface area contributed by atoms with Gasteiger partial charge >= 0.3 is 6.09 Å². The molecule has 35 heavy (non-hydrogen) atoms. The Morgan fingerprint density at radius 1 is 0.971 bits per heavy atom. The van der Waals surface area contributed by atoms with Crippen LogP contribution in [0.2, 0.25) is 0 Å². The fourth-order valence-corrected chi connectivity index (χ4v) is 4.03. The van der Waals surface area contributed by atoms with Crippen molar-refractivity contribution >= 4 is 17.9 Å². The summed E-state index contributed by atoms with van der Waals surface area (Å²) in [6, 6.07) is 16.7. The van der Waals surface area contributed by atoms with Gasteiger partial charge in [-0.15, -0.1) is 0 Å². The van der Waals surface area contributed by atoms with Crippen molar-refractivity contribution in [2.24, 2.45) is 0 Å². The fourth-order valence-electron chi connectivity index (χ4n) is 4.03. The summed E-state index contributed by atoms with van der Waals surface area (Å²) in [5.41, 5.74) is 2.23. The molecule has 3 rings (SSSR count). The van der Waals surface area contributed by atoms with Crippen LogP contribution in [-0.4, -0.2) is 41.0 Å². The van der Waals surface area contributed by atoms with Gasteiger partial charge in [-0.25, -0.2) is 4.79 Å². The second-order valence-corrected chi connectivity index (χ2v) is 9.94. The predicted molar refractivity (Wildman–Crippen MR) is 136 cm³/mol. The van der Waals surface area contributed by atoms with Crippen LogP contribution in [0.15, 0.2) is 54.6 Å². The molecule has 188 valence electrons. The van der Waals surface area contributed by atoms with E-state index in [4.69, 9.17) is 4.74 Å². The molecule has 2 aromatic carbocycles. The summed E-state index contributed by atoms with van der Waals surface area (Å²) >= 11 is 0. The molecule has 0 saturated heterocycles. The molecule has 3 amide bonds. The number of carbonyl (C=O) groups excluding carboxylic acids is 3. The van der Waals surface area contributed by atoms with E-state index in [0.717, 1.165) is 42.4 Å². The zero-order chi connectivity index (χ0) is 25.4. The maximum Gasteiger partial charge on any atom is 0.408 e. The Kier molecular flexibility index (Phi) is 8.90. The third kappa shape index (κ3) is 7.57. The lowest BCUT2D eigenvalue weighted by Crippen LogP contribution is -2.53. The summed E-state index contributed by atoms with van der Waals surface area (Å²) in [5.74, 6) is -0.546. The van der Waals surface area contributed by atoms with Crippen molar-refractivity contribution in [1.29, 1.82) is 0 Å². The highest BCUT2D eigenvalue weighted by Gasteiger charge is 2.38. The average molecular weight is 480 g/mol. The van der Waals surface area contributed by atoms with E-state index < -0.39 is 17.7 Å². The molecule has 1 fully saturated rings. The number of amides is 3. The lowest BCUT2D eigenvalue weighted by atomic mass is 9.88. The molecule has 0 heterocycles. The Labute approximate surface area is 208 Å². The van der Waals surface area contributed by atoms with Gasteiger partial charge in [0.1, 0.15) is 18.2 Å². The van der Waals surface area contributed by atoms with Gasteiger partial charge in [0, 0.05) is 12.6 Å². The summed E-state index contributed by atoms with van der Waals surface area (Å²) in [5, 5.41) is 5.58. The van der Waals surface area contributed by atoms with Crippen LogP contribution in [0, 0.1) is 0 Å². The molecule has 7 heteroatoms. The van der Waals surface area contributed by atoms with Gasteiger partial charge in [0.15, 0.2) is 0 Å². The van der Waals surface area contributed by atoms with Gasteiger partial charge in [0.05, 0.1) is 0 Å². The summed E-state index contributed by atoms with van der Waals surface area (Å²) in [7, 11) is 0. The minimum atomic E-state index is -0.789. The molecule has 2 aromatic rings. The van der Waals surface area contributed by atoms with Gasteiger partial charge in [-0.3, -0.25) is 9.59 Å². The first-order chi connectivity index (χ1) is 16.7. The van der Waals surface area contributed by atoms with Gasteiger partial charge < -0.3 is 20.3 Å². The minimum absolute atomic E-state index is 0.0544. The number of carbonyl (C=O) groups is 3. The van der Waals surface area contributed by atoms with Crippen molar-refractivity contribution in [2.75, 3.05) is 6.54 Å². The number of rotatable bonds is 9. The van der Waals surface area contributed by atoms with Crippen molar-refractivity contribution in [3.63, 3.8) is 0 Å². The van der Waals surface area contributed by atoms with E-state index in [-0.39, 0.29) is 24.4 Å². The molecule has 2 N–H and O–H groups in total. The quantitative estimate of drug-likeness (QED) is 0.554. The molecule has 1 aliphatic carbocycles. The molecular formula is C28H37N3O4. The highest BCUT2D eigenvalue weighted by Crippen LogP contribution is 2.33. The number of nitrogens with zero attached hydrogens (tertiary/aromatic N) is 1. The highest BCUT2D eigenvalue weighted by atomic mass is 16.6. The number of alkyl carbamates (subject to hydrolysis) is 1. The lowest BCUT2D eigenvalue weighted by Gasteiger charge is -2.42. The molecule has 0 spiro atoms. The van der Waals surface area contributed by atoms with Crippen LogP contribution in [0.1, 0.15) is 69.7 Å². The number of aryl methyl sites for hydroxylation is 1. The van der Waals surface area contributed by atoms with Gasteiger partial charge in [-0.2, -0.15) is 0 Å². The van der Waals surface area contributed by atoms with Crippen LogP contribution in [0.4, 0.5) is 4.79 Å². The Hall–Kier alpha value is -3.35. The summed E-state index contributed by atoms with van der Waals surface area (Å²) in [6.07, 6.45) is 2.88. The van der Waals surface area contributed by atoms with Crippen molar-refractivity contribution in [3.05, 3.63) is 71.3 Å². The molecule has 0 bridgehead atoms. The third-order valence-corrected chi connectivity index (χ3v) is 6.08. The monoisotopic (exact) mass is 479 g/mol. The minimum Gasteiger partial charge on any atom is -0.444 e. The second-order valence-electron chi connectivity index (χ2n) is 9.94. The van der Waals surface area contributed by atoms with Crippen LogP contribution in [0.3, 0.4) is 0 Å². The van der Waals surface area contributed by atoms with Gasteiger partial charge in [0.25, 0.3) is 0 Å². The van der Waals surface area contributed by atoms with Crippen molar-refractivity contribution < 1.29 is 19.1 Å². The molecule has 0 aromatic heterocycles. The molecule has 1 atom stereocenters. The van der Waals surface area contributed by atoms with E-state index in [0.29, 0.717) is 6.54 Å².